The minimum Gasteiger partial charge on any atom is -0.391 e. The Hall–Kier alpha value is -1.10. The van der Waals surface area contributed by atoms with Crippen LogP contribution in [-0.4, -0.2) is 16.7 Å². The molecule has 1 atom stereocenters. The summed E-state index contributed by atoms with van der Waals surface area (Å²) in [4.78, 5) is 10.5. The third-order valence-electron chi connectivity index (χ3n) is 1.81. The van der Waals surface area contributed by atoms with Crippen LogP contribution in [0.5, 0.6) is 0 Å². The fourth-order valence-electron chi connectivity index (χ4n) is 1.29. The van der Waals surface area contributed by atoms with Gasteiger partial charge in [-0.25, -0.2) is 9.89 Å². The Labute approximate surface area is 62.8 Å². The first kappa shape index (κ1) is 6.60. The van der Waals surface area contributed by atoms with Crippen molar-refractivity contribution in [3.8, 4) is 0 Å². The van der Waals surface area contributed by atoms with Crippen LogP contribution in [-0.2, 0) is 0 Å². The molecule has 2 N–H and O–H groups in total. The van der Waals surface area contributed by atoms with Gasteiger partial charge < -0.3 is 9.73 Å². The van der Waals surface area contributed by atoms with E-state index in [1.807, 2.05) is 0 Å². The molecule has 1 saturated heterocycles. The van der Waals surface area contributed by atoms with Crippen LogP contribution in [0.4, 0.5) is 0 Å². The lowest BCUT2D eigenvalue weighted by atomic mass is 10.2. The summed E-state index contributed by atoms with van der Waals surface area (Å²) in [7, 11) is 0. The van der Waals surface area contributed by atoms with Gasteiger partial charge >= 0.3 is 5.76 Å². The summed E-state index contributed by atoms with van der Waals surface area (Å²) >= 11 is 0. The van der Waals surface area contributed by atoms with Crippen molar-refractivity contribution < 1.29 is 4.42 Å². The van der Waals surface area contributed by atoms with Crippen molar-refractivity contribution in [2.45, 2.75) is 18.9 Å². The zero-order chi connectivity index (χ0) is 7.68. The van der Waals surface area contributed by atoms with Crippen molar-refractivity contribution in [2.24, 2.45) is 0 Å². The molecular weight excluding hydrogens is 146 g/mol. The van der Waals surface area contributed by atoms with Crippen molar-refractivity contribution in [3.05, 3.63) is 16.4 Å². The molecule has 2 heterocycles. The van der Waals surface area contributed by atoms with Crippen LogP contribution in [0.25, 0.3) is 0 Å². The highest BCUT2D eigenvalue weighted by Crippen LogP contribution is 2.19. The first-order chi connectivity index (χ1) is 5.36. The molecule has 0 spiro atoms. The van der Waals surface area contributed by atoms with Gasteiger partial charge in [-0.15, -0.1) is 5.10 Å². The number of aromatic amines is 1. The van der Waals surface area contributed by atoms with Gasteiger partial charge in [0.1, 0.15) is 0 Å². The van der Waals surface area contributed by atoms with Crippen molar-refractivity contribution in [1.82, 2.24) is 15.5 Å². The third-order valence-corrected chi connectivity index (χ3v) is 1.81. The summed E-state index contributed by atoms with van der Waals surface area (Å²) in [5.74, 6) is 0.00111. The molecular formula is C6H9N3O2. The van der Waals surface area contributed by atoms with E-state index in [0.29, 0.717) is 5.89 Å². The molecule has 1 aromatic rings. The lowest BCUT2D eigenvalue weighted by Gasteiger charge is -2.00. The van der Waals surface area contributed by atoms with Crippen LogP contribution in [0.2, 0.25) is 0 Å². The van der Waals surface area contributed by atoms with E-state index in [0.717, 1.165) is 19.4 Å². The number of rotatable bonds is 1. The van der Waals surface area contributed by atoms with E-state index >= 15 is 0 Å². The summed E-state index contributed by atoms with van der Waals surface area (Å²) < 4.78 is 4.78. The summed E-state index contributed by atoms with van der Waals surface area (Å²) in [6.45, 7) is 0.973. The fraction of sp³-hybridized carbons (Fsp3) is 0.667. The number of H-pyrrole nitrogens is 1. The molecule has 2 rings (SSSR count). The lowest BCUT2D eigenvalue weighted by molar-refractivity contribution is 0.409. The summed E-state index contributed by atoms with van der Waals surface area (Å²) in [5.41, 5.74) is 0. The first-order valence-corrected chi connectivity index (χ1v) is 3.65. The molecule has 0 saturated carbocycles. The Bertz CT molecular complexity index is 284. The van der Waals surface area contributed by atoms with Gasteiger partial charge in [0.25, 0.3) is 0 Å². The van der Waals surface area contributed by atoms with Gasteiger partial charge in [0.05, 0.1) is 6.04 Å². The van der Waals surface area contributed by atoms with Gasteiger partial charge in [-0.1, -0.05) is 0 Å². The minimum atomic E-state index is -0.478. The molecule has 1 aliphatic rings. The topological polar surface area (TPSA) is 70.9 Å². The first-order valence-electron chi connectivity index (χ1n) is 3.65. The quantitative estimate of drug-likeness (QED) is 0.588. The van der Waals surface area contributed by atoms with Crippen molar-refractivity contribution in [2.75, 3.05) is 6.54 Å². The van der Waals surface area contributed by atoms with E-state index < -0.39 is 5.76 Å². The average Bonchev–Trinajstić information content (AvgIpc) is 2.55. The normalized spacial score (nSPS) is 24.2. The van der Waals surface area contributed by atoms with Gasteiger partial charge in [0.15, 0.2) is 0 Å². The van der Waals surface area contributed by atoms with E-state index in [2.05, 4.69) is 15.5 Å². The average molecular weight is 155 g/mol. The molecule has 1 unspecified atom stereocenters. The van der Waals surface area contributed by atoms with E-state index in [1.54, 1.807) is 0 Å². The number of hydrogen-bond donors (Lipinski definition) is 2. The number of nitrogens with zero attached hydrogens (tertiary/aromatic N) is 1. The number of hydrogen-bond acceptors (Lipinski definition) is 4. The molecule has 60 valence electrons. The maximum Gasteiger partial charge on any atom is 0.434 e. The van der Waals surface area contributed by atoms with E-state index in [4.69, 9.17) is 4.42 Å². The molecule has 0 aromatic carbocycles. The van der Waals surface area contributed by atoms with Gasteiger partial charge in [-0.2, -0.15) is 0 Å². The molecule has 11 heavy (non-hydrogen) atoms. The standard InChI is InChI=1S/C6H9N3O2/c10-6-9-8-5(11-6)4-2-1-3-7-4/h4,7H,1-3H2,(H,9,10). The highest BCUT2D eigenvalue weighted by Gasteiger charge is 2.20. The summed E-state index contributed by atoms with van der Waals surface area (Å²) in [6.07, 6.45) is 2.11. The monoisotopic (exact) mass is 155 g/mol. The fourth-order valence-corrected chi connectivity index (χ4v) is 1.29. The van der Waals surface area contributed by atoms with Crippen molar-refractivity contribution >= 4 is 0 Å². The Morgan fingerprint density at radius 2 is 2.55 bits per heavy atom. The van der Waals surface area contributed by atoms with E-state index in [-0.39, 0.29) is 6.04 Å². The molecule has 5 heteroatoms. The second-order valence-electron chi connectivity index (χ2n) is 2.60. The smallest absolute Gasteiger partial charge is 0.391 e. The highest BCUT2D eigenvalue weighted by atomic mass is 16.4. The van der Waals surface area contributed by atoms with Crippen LogP contribution in [0.3, 0.4) is 0 Å². The predicted molar refractivity (Wildman–Crippen MR) is 37.1 cm³/mol. The predicted octanol–water partition coefficient (Wildman–Crippen LogP) is -0.213. The second kappa shape index (κ2) is 2.50. The second-order valence-corrected chi connectivity index (χ2v) is 2.60. The minimum absolute atomic E-state index is 0.133. The number of aromatic nitrogens is 2. The number of nitrogens with one attached hydrogen (secondary N) is 2. The van der Waals surface area contributed by atoms with Crippen molar-refractivity contribution in [1.29, 1.82) is 0 Å². The van der Waals surface area contributed by atoms with Crippen LogP contribution in [0, 0.1) is 0 Å². The van der Waals surface area contributed by atoms with Crippen LogP contribution in [0.15, 0.2) is 9.21 Å². The van der Waals surface area contributed by atoms with Gasteiger partial charge in [0, 0.05) is 0 Å². The Morgan fingerprint density at radius 1 is 1.64 bits per heavy atom. The zero-order valence-electron chi connectivity index (χ0n) is 5.96. The molecule has 5 nitrogen and oxygen atoms in total. The molecule has 0 radical (unpaired) electrons. The Balaban J connectivity index is 2.21. The summed E-state index contributed by atoms with van der Waals surface area (Å²) in [6, 6.07) is 0.133. The van der Waals surface area contributed by atoms with E-state index in [1.165, 1.54) is 0 Å². The largest absolute Gasteiger partial charge is 0.434 e. The highest BCUT2D eigenvalue weighted by molar-refractivity contribution is 4.89. The van der Waals surface area contributed by atoms with Gasteiger partial charge in [0.2, 0.25) is 5.89 Å². The molecule has 0 aliphatic carbocycles. The van der Waals surface area contributed by atoms with Crippen molar-refractivity contribution in [3.63, 3.8) is 0 Å². The van der Waals surface area contributed by atoms with Gasteiger partial charge in [-0.05, 0) is 19.4 Å². The molecule has 0 amide bonds. The van der Waals surface area contributed by atoms with Crippen LogP contribution >= 0.6 is 0 Å². The Morgan fingerprint density at radius 3 is 3.09 bits per heavy atom. The molecule has 1 aliphatic heterocycles. The third kappa shape index (κ3) is 1.19. The van der Waals surface area contributed by atoms with Crippen LogP contribution < -0.4 is 11.1 Å². The Kier molecular flexibility index (Phi) is 1.50. The maximum absolute atomic E-state index is 10.5. The molecule has 1 fully saturated rings. The lowest BCUT2D eigenvalue weighted by Crippen LogP contribution is -2.13. The zero-order valence-corrected chi connectivity index (χ0v) is 5.96. The SMILES string of the molecule is O=c1[nH]nc(C2CCCN2)o1. The molecule has 0 bridgehead atoms. The molecule has 1 aromatic heterocycles. The summed E-state index contributed by atoms with van der Waals surface area (Å²) in [5, 5.41) is 9.14. The van der Waals surface area contributed by atoms with E-state index in [9.17, 15) is 4.79 Å². The maximum atomic E-state index is 10.5. The van der Waals surface area contributed by atoms with Crippen LogP contribution in [0.1, 0.15) is 24.8 Å². The van der Waals surface area contributed by atoms with Gasteiger partial charge in [-0.3, -0.25) is 0 Å².